The molecule has 1 N–H and O–H groups in total. The molecule has 0 fully saturated rings. The molecular weight excluding hydrogens is 624 g/mol. The summed E-state index contributed by atoms with van der Waals surface area (Å²) in [6.07, 6.45) is 0.590. The minimum atomic E-state index is -1.26. The Morgan fingerprint density at radius 3 is 1.61 bits per heavy atom. The van der Waals surface area contributed by atoms with Gasteiger partial charge in [0.2, 0.25) is 0 Å². The molecule has 4 rings (SSSR count). The first-order chi connectivity index (χ1) is 19.4. The molecule has 41 heavy (non-hydrogen) atoms. The molecule has 13 heteroatoms. The van der Waals surface area contributed by atoms with Crippen molar-refractivity contribution in [3.63, 3.8) is 0 Å². The van der Waals surface area contributed by atoms with Gasteiger partial charge in [-0.1, -0.05) is 46.4 Å². The first-order valence-corrected chi connectivity index (χ1v) is 13.3. The lowest BCUT2D eigenvalue weighted by Gasteiger charge is -2.16. The van der Waals surface area contributed by atoms with E-state index in [-0.39, 0.29) is 49.0 Å². The molecule has 0 bridgehead atoms. The molecule has 7 nitrogen and oxygen atoms in total. The second-order valence-electron chi connectivity index (χ2n) is 8.32. The number of hydrogen-bond donors (Lipinski definition) is 1. The Hall–Kier alpha value is -3.50. The molecule has 0 saturated heterocycles. The molecule has 0 aliphatic carbocycles. The number of nitrogens with zero attached hydrogens (tertiary/aromatic N) is 2. The molecule has 4 aromatic rings. The number of aldehydes is 1. The summed E-state index contributed by atoms with van der Waals surface area (Å²) in [5.41, 5.74) is 0.206. The van der Waals surface area contributed by atoms with Gasteiger partial charge in [0.25, 0.3) is 11.1 Å². The molecule has 0 amide bonds. The van der Waals surface area contributed by atoms with Crippen molar-refractivity contribution in [1.29, 1.82) is 0 Å². The second-order valence-corrected chi connectivity index (χ2v) is 9.95. The number of halogens is 6. The van der Waals surface area contributed by atoms with Gasteiger partial charge in [-0.25, -0.2) is 13.6 Å². The third kappa shape index (κ3) is 6.70. The van der Waals surface area contributed by atoms with Crippen LogP contribution < -0.4 is 11.1 Å². The van der Waals surface area contributed by atoms with E-state index in [9.17, 15) is 33.1 Å². The molecule has 0 unspecified atom stereocenters. The Bertz CT molecular complexity index is 1790. The standard InChI is InChI=1S/C14H10Cl2FNO3.C14H10Cl2FNO2/c1-2-18-12(8-4-3-7(17)5-10(8)15)9(14(20)21)6-11(16)13(18)19;1-2-18-13(8(7-19)5-12(16)14(18)20)10-4-3-9(17)6-11(10)15/h3-6H,2H2,1H3,(H,20,21);3-7H,2H2,1H3. The van der Waals surface area contributed by atoms with Crippen LogP contribution >= 0.6 is 46.4 Å². The van der Waals surface area contributed by atoms with Crippen molar-refractivity contribution in [2.75, 3.05) is 0 Å². The summed E-state index contributed by atoms with van der Waals surface area (Å²) in [6, 6.07) is 9.68. The van der Waals surface area contributed by atoms with Gasteiger partial charge < -0.3 is 14.2 Å². The van der Waals surface area contributed by atoms with Crippen LogP contribution in [0.5, 0.6) is 0 Å². The zero-order chi connectivity index (χ0) is 30.6. The van der Waals surface area contributed by atoms with E-state index in [1.54, 1.807) is 13.8 Å². The van der Waals surface area contributed by atoms with E-state index in [0.717, 1.165) is 24.3 Å². The van der Waals surface area contributed by atoms with Crippen LogP contribution in [0.25, 0.3) is 22.5 Å². The van der Waals surface area contributed by atoms with Gasteiger partial charge in [0.05, 0.1) is 27.0 Å². The molecule has 0 aliphatic rings. The van der Waals surface area contributed by atoms with E-state index >= 15 is 0 Å². The van der Waals surface area contributed by atoms with Gasteiger partial charge in [-0.05, 0) is 62.4 Å². The highest BCUT2D eigenvalue weighted by molar-refractivity contribution is 6.34. The van der Waals surface area contributed by atoms with Crippen molar-refractivity contribution < 1.29 is 23.5 Å². The number of rotatable bonds is 6. The monoisotopic (exact) mass is 642 g/mol. The molecule has 214 valence electrons. The molecular formula is C28H20Cl4F2N2O5. The molecule has 0 radical (unpaired) electrons. The van der Waals surface area contributed by atoms with Crippen LogP contribution in [0.2, 0.25) is 20.1 Å². The van der Waals surface area contributed by atoms with Crippen molar-refractivity contribution in [2.24, 2.45) is 0 Å². The maximum absolute atomic E-state index is 13.2. The summed E-state index contributed by atoms with van der Waals surface area (Å²) >= 11 is 23.6. The highest BCUT2D eigenvalue weighted by Gasteiger charge is 2.21. The molecule has 0 atom stereocenters. The molecule has 2 heterocycles. The number of carbonyl (C=O) groups excluding carboxylic acids is 1. The highest BCUT2D eigenvalue weighted by atomic mass is 35.5. The second kappa shape index (κ2) is 13.4. The molecule has 0 aliphatic heterocycles. The predicted octanol–water partition coefficient (Wildman–Crippen LogP) is 7.47. The predicted molar refractivity (Wildman–Crippen MR) is 156 cm³/mol. The zero-order valence-electron chi connectivity index (χ0n) is 21.4. The third-order valence-electron chi connectivity index (χ3n) is 5.88. The van der Waals surface area contributed by atoms with Crippen LogP contribution in [0.15, 0.2) is 58.1 Å². The van der Waals surface area contributed by atoms with Gasteiger partial charge in [-0.15, -0.1) is 0 Å². The van der Waals surface area contributed by atoms with Crippen LogP contribution in [-0.2, 0) is 13.1 Å². The number of pyridine rings is 2. The lowest BCUT2D eigenvalue weighted by Crippen LogP contribution is -2.24. The first-order valence-electron chi connectivity index (χ1n) is 11.8. The van der Waals surface area contributed by atoms with E-state index in [1.807, 2.05) is 0 Å². The quantitative estimate of drug-likeness (QED) is 0.220. The van der Waals surface area contributed by atoms with Crippen molar-refractivity contribution in [1.82, 2.24) is 9.13 Å². The van der Waals surface area contributed by atoms with E-state index in [1.165, 1.54) is 33.4 Å². The maximum Gasteiger partial charge on any atom is 0.337 e. The Morgan fingerprint density at radius 1 is 0.756 bits per heavy atom. The fourth-order valence-electron chi connectivity index (χ4n) is 4.10. The number of benzene rings is 2. The van der Waals surface area contributed by atoms with E-state index in [4.69, 9.17) is 46.4 Å². The summed E-state index contributed by atoms with van der Waals surface area (Å²) in [6.45, 7) is 3.92. The summed E-state index contributed by atoms with van der Waals surface area (Å²) in [5.74, 6) is -2.31. The van der Waals surface area contributed by atoms with Crippen LogP contribution in [0.1, 0.15) is 34.6 Å². The Labute approximate surface area is 252 Å². The van der Waals surface area contributed by atoms with Gasteiger partial charge >= 0.3 is 5.97 Å². The molecule has 2 aromatic carbocycles. The minimum absolute atomic E-state index is 0.0152. The van der Waals surface area contributed by atoms with Crippen LogP contribution in [0.3, 0.4) is 0 Å². The Morgan fingerprint density at radius 2 is 1.20 bits per heavy atom. The van der Waals surface area contributed by atoms with Gasteiger partial charge in [-0.2, -0.15) is 0 Å². The maximum atomic E-state index is 13.2. The average Bonchev–Trinajstić information content (AvgIpc) is 2.92. The SMILES string of the molecule is CCn1c(-c2ccc(F)cc2Cl)c(C(=O)O)cc(Cl)c1=O.CCn1c(-c2ccc(F)cc2Cl)c(C=O)cc(Cl)c1=O. The first kappa shape index (κ1) is 32.0. The van der Waals surface area contributed by atoms with Crippen LogP contribution in [-0.4, -0.2) is 26.5 Å². The summed E-state index contributed by atoms with van der Waals surface area (Å²) in [4.78, 5) is 46.7. The van der Waals surface area contributed by atoms with Crippen LogP contribution in [0, 0.1) is 11.6 Å². The smallest absolute Gasteiger partial charge is 0.337 e. The summed E-state index contributed by atoms with van der Waals surface area (Å²) < 4.78 is 28.8. The summed E-state index contributed by atoms with van der Waals surface area (Å²) in [5, 5.41) is 9.21. The fraction of sp³-hybridized carbons (Fsp3) is 0.143. The van der Waals surface area contributed by atoms with Crippen molar-refractivity contribution >= 4 is 58.7 Å². The third-order valence-corrected chi connectivity index (χ3v) is 7.05. The Kier molecular flexibility index (Phi) is 10.5. The number of carbonyl (C=O) groups is 2. The average molecular weight is 644 g/mol. The van der Waals surface area contributed by atoms with Gasteiger partial charge in [0.15, 0.2) is 6.29 Å². The minimum Gasteiger partial charge on any atom is -0.478 e. The fourth-order valence-corrected chi connectivity index (χ4v) is 5.04. The van der Waals surface area contributed by atoms with E-state index < -0.39 is 28.7 Å². The van der Waals surface area contributed by atoms with Gasteiger partial charge in [0.1, 0.15) is 21.7 Å². The number of aromatic nitrogens is 2. The van der Waals surface area contributed by atoms with Crippen LogP contribution in [0.4, 0.5) is 8.78 Å². The molecule has 0 saturated carbocycles. The topological polar surface area (TPSA) is 98.4 Å². The lowest BCUT2D eigenvalue weighted by atomic mass is 10.0. The largest absolute Gasteiger partial charge is 0.478 e. The van der Waals surface area contributed by atoms with Gasteiger partial charge in [-0.3, -0.25) is 14.4 Å². The highest BCUT2D eigenvalue weighted by Crippen LogP contribution is 2.32. The zero-order valence-corrected chi connectivity index (χ0v) is 24.4. The van der Waals surface area contributed by atoms with Crippen molar-refractivity contribution in [3.8, 4) is 22.5 Å². The van der Waals surface area contributed by atoms with E-state index in [0.29, 0.717) is 24.1 Å². The number of carboxylic acids is 1. The van der Waals surface area contributed by atoms with Gasteiger partial charge in [0, 0.05) is 29.8 Å². The molecule has 2 aromatic heterocycles. The number of hydrogen-bond acceptors (Lipinski definition) is 4. The lowest BCUT2D eigenvalue weighted by molar-refractivity contribution is 0.0696. The summed E-state index contributed by atoms with van der Waals surface area (Å²) in [7, 11) is 0. The molecule has 0 spiro atoms. The Balaban J connectivity index is 0.000000226. The van der Waals surface area contributed by atoms with Crippen molar-refractivity contribution in [3.05, 3.63) is 112 Å². The number of carboxylic acid groups (broad SMARTS) is 1. The van der Waals surface area contributed by atoms with E-state index in [2.05, 4.69) is 0 Å². The number of aromatic carboxylic acids is 1. The normalized spacial score (nSPS) is 10.6. The van der Waals surface area contributed by atoms with Crippen molar-refractivity contribution in [2.45, 2.75) is 26.9 Å².